The van der Waals surface area contributed by atoms with Crippen LogP contribution in [-0.2, 0) is 18.3 Å². The minimum Gasteiger partial charge on any atom is -0.462 e. The van der Waals surface area contributed by atoms with Crippen LogP contribution in [0.4, 0.5) is 0 Å². The molecule has 3 aromatic rings. The molecule has 9 heteroatoms. The average molecular weight is 350 g/mol. The highest BCUT2D eigenvalue weighted by Crippen LogP contribution is 2.27. The van der Waals surface area contributed by atoms with Crippen molar-refractivity contribution in [3.05, 3.63) is 44.7 Å². The van der Waals surface area contributed by atoms with Crippen LogP contribution < -0.4 is 5.69 Å². The Labute approximate surface area is 142 Å². The second-order valence-corrected chi connectivity index (χ2v) is 5.72. The predicted molar refractivity (Wildman–Crippen MR) is 88.4 cm³/mol. The molecule has 8 nitrogen and oxygen atoms in total. The van der Waals surface area contributed by atoms with E-state index in [2.05, 4.69) is 15.1 Å². The molecule has 1 N–H and O–H groups in total. The van der Waals surface area contributed by atoms with E-state index in [0.29, 0.717) is 23.4 Å². The van der Waals surface area contributed by atoms with Gasteiger partial charge in [0.15, 0.2) is 5.65 Å². The van der Waals surface area contributed by atoms with Crippen molar-refractivity contribution in [2.75, 3.05) is 6.61 Å². The van der Waals surface area contributed by atoms with Gasteiger partial charge in [-0.3, -0.25) is 9.25 Å². The zero-order chi connectivity index (χ0) is 17.4. The van der Waals surface area contributed by atoms with E-state index in [1.54, 1.807) is 31.8 Å². The summed E-state index contributed by atoms with van der Waals surface area (Å²) in [5.41, 5.74) is 1.78. The first-order valence-electron chi connectivity index (χ1n) is 7.35. The number of aromatic amines is 1. The number of pyridine rings is 1. The molecular weight excluding hydrogens is 334 g/mol. The number of aromatic nitrogens is 5. The van der Waals surface area contributed by atoms with Gasteiger partial charge in [0.05, 0.1) is 30.1 Å². The van der Waals surface area contributed by atoms with Crippen LogP contribution in [-0.4, -0.2) is 36.9 Å². The number of hydrogen-bond acceptors (Lipinski definition) is 5. The van der Waals surface area contributed by atoms with E-state index in [0.717, 1.165) is 5.56 Å². The number of rotatable bonds is 4. The summed E-state index contributed by atoms with van der Waals surface area (Å²) in [5, 5.41) is 4.22. The maximum absolute atomic E-state index is 12.3. The van der Waals surface area contributed by atoms with Crippen LogP contribution in [0.15, 0.2) is 17.2 Å². The highest BCUT2D eigenvalue weighted by atomic mass is 35.5. The Morgan fingerprint density at radius 2 is 2.21 bits per heavy atom. The zero-order valence-electron chi connectivity index (χ0n) is 13.5. The molecule has 3 heterocycles. The largest absolute Gasteiger partial charge is 0.462 e. The van der Waals surface area contributed by atoms with Gasteiger partial charge in [0, 0.05) is 18.8 Å². The van der Waals surface area contributed by atoms with Crippen molar-refractivity contribution in [3.63, 3.8) is 0 Å². The van der Waals surface area contributed by atoms with E-state index < -0.39 is 5.97 Å². The highest BCUT2D eigenvalue weighted by molar-refractivity contribution is 6.37. The molecule has 0 aliphatic heterocycles. The molecule has 0 unspecified atom stereocenters. The van der Waals surface area contributed by atoms with Crippen LogP contribution in [0.3, 0.4) is 0 Å². The summed E-state index contributed by atoms with van der Waals surface area (Å²) in [5.74, 6) is -0.560. The number of halogens is 1. The first-order valence-corrected chi connectivity index (χ1v) is 7.73. The van der Waals surface area contributed by atoms with E-state index in [9.17, 15) is 9.59 Å². The number of esters is 1. The average Bonchev–Trinajstić information content (AvgIpc) is 3.05. The maximum Gasteiger partial charge on any atom is 0.341 e. The van der Waals surface area contributed by atoms with E-state index in [4.69, 9.17) is 16.3 Å². The first kappa shape index (κ1) is 16.3. The fraction of sp³-hybridized carbons (Fsp3) is 0.333. The molecule has 0 fully saturated rings. The summed E-state index contributed by atoms with van der Waals surface area (Å²) < 4.78 is 8.11. The monoisotopic (exact) mass is 349 g/mol. The first-order chi connectivity index (χ1) is 11.4. The Hall–Kier alpha value is -2.61. The number of fused-ring (bicyclic) bond motifs is 1. The summed E-state index contributed by atoms with van der Waals surface area (Å²) in [6, 6.07) is 0. The van der Waals surface area contributed by atoms with Gasteiger partial charge in [0.1, 0.15) is 11.1 Å². The maximum atomic E-state index is 12.3. The molecule has 126 valence electrons. The van der Waals surface area contributed by atoms with Crippen molar-refractivity contribution in [1.29, 1.82) is 0 Å². The molecule has 0 saturated carbocycles. The molecule has 0 bridgehead atoms. The SMILES string of the molecule is CCOC(=O)c1c(C)nc2c([nH]c(=O)n2Cc2cnn(C)c2)c1Cl. The van der Waals surface area contributed by atoms with Crippen LogP contribution in [0.1, 0.15) is 28.5 Å². The number of nitrogens with zero attached hydrogens (tertiary/aromatic N) is 4. The Bertz CT molecular complexity index is 985. The molecule has 0 radical (unpaired) electrons. The van der Waals surface area contributed by atoms with Crippen molar-refractivity contribution >= 4 is 28.7 Å². The molecule has 3 aromatic heterocycles. The summed E-state index contributed by atoms with van der Waals surface area (Å²) in [6.07, 6.45) is 3.49. The molecule has 3 rings (SSSR count). The number of aryl methyl sites for hydroxylation is 2. The van der Waals surface area contributed by atoms with Gasteiger partial charge < -0.3 is 9.72 Å². The topological polar surface area (TPSA) is 94.8 Å². The van der Waals surface area contributed by atoms with Crippen LogP contribution in [0.2, 0.25) is 5.02 Å². The lowest BCUT2D eigenvalue weighted by molar-refractivity contribution is 0.0525. The molecule has 0 saturated heterocycles. The fourth-order valence-corrected chi connectivity index (χ4v) is 2.90. The second-order valence-electron chi connectivity index (χ2n) is 5.34. The number of nitrogens with one attached hydrogen (secondary N) is 1. The Kier molecular flexibility index (Phi) is 4.15. The number of hydrogen-bond donors (Lipinski definition) is 1. The van der Waals surface area contributed by atoms with Crippen molar-refractivity contribution in [1.82, 2.24) is 24.3 Å². The molecule has 0 aliphatic carbocycles. The minimum absolute atomic E-state index is 0.137. The van der Waals surface area contributed by atoms with Crippen LogP contribution in [0.25, 0.3) is 11.2 Å². The van der Waals surface area contributed by atoms with Crippen molar-refractivity contribution in [2.24, 2.45) is 7.05 Å². The summed E-state index contributed by atoms with van der Waals surface area (Å²) in [7, 11) is 1.80. The number of carbonyl (C=O) groups excluding carboxylic acids is 1. The van der Waals surface area contributed by atoms with Gasteiger partial charge >= 0.3 is 11.7 Å². The standard InChI is InChI=1S/C15H16ClN5O3/c1-4-24-14(22)10-8(2)18-13-12(11(10)16)19-15(23)21(13)7-9-5-17-20(3)6-9/h5-6H,4,7H2,1-3H3,(H,19,23). The van der Waals surface area contributed by atoms with Gasteiger partial charge in [-0.05, 0) is 13.8 Å². The minimum atomic E-state index is -0.560. The lowest BCUT2D eigenvalue weighted by Gasteiger charge is -2.08. The molecule has 0 aliphatic rings. The lowest BCUT2D eigenvalue weighted by Crippen LogP contribution is -2.17. The van der Waals surface area contributed by atoms with Gasteiger partial charge in [-0.25, -0.2) is 14.6 Å². The third kappa shape index (κ3) is 2.69. The van der Waals surface area contributed by atoms with Crippen LogP contribution in [0.5, 0.6) is 0 Å². The van der Waals surface area contributed by atoms with Gasteiger partial charge in [0.2, 0.25) is 0 Å². The molecule has 0 aromatic carbocycles. The molecule has 24 heavy (non-hydrogen) atoms. The smallest absolute Gasteiger partial charge is 0.341 e. The van der Waals surface area contributed by atoms with E-state index in [1.807, 2.05) is 6.20 Å². The van der Waals surface area contributed by atoms with Gasteiger partial charge in [0.25, 0.3) is 0 Å². The summed E-state index contributed by atoms with van der Waals surface area (Å²) in [6.45, 7) is 3.89. The Morgan fingerprint density at radius 1 is 1.46 bits per heavy atom. The number of ether oxygens (including phenoxy) is 1. The zero-order valence-corrected chi connectivity index (χ0v) is 14.2. The number of carbonyl (C=O) groups is 1. The molecule has 0 spiro atoms. The fourth-order valence-electron chi connectivity index (χ4n) is 2.55. The van der Waals surface area contributed by atoms with Crippen molar-refractivity contribution < 1.29 is 9.53 Å². The van der Waals surface area contributed by atoms with Crippen molar-refractivity contribution in [2.45, 2.75) is 20.4 Å². The molecule has 0 amide bonds. The summed E-state index contributed by atoms with van der Waals surface area (Å²) >= 11 is 6.33. The normalized spacial score (nSPS) is 11.2. The third-order valence-electron chi connectivity index (χ3n) is 3.61. The lowest BCUT2D eigenvalue weighted by atomic mass is 10.2. The van der Waals surface area contributed by atoms with E-state index in [-0.39, 0.29) is 22.9 Å². The summed E-state index contributed by atoms with van der Waals surface area (Å²) in [4.78, 5) is 31.4. The predicted octanol–water partition coefficient (Wildman–Crippen LogP) is 1.64. The molecular formula is C15H16ClN5O3. The van der Waals surface area contributed by atoms with Crippen molar-refractivity contribution in [3.8, 4) is 0 Å². The van der Waals surface area contributed by atoms with E-state index >= 15 is 0 Å². The molecule has 0 atom stereocenters. The van der Waals surface area contributed by atoms with E-state index in [1.165, 1.54) is 4.57 Å². The van der Waals surface area contributed by atoms with Gasteiger partial charge in [-0.2, -0.15) is 5.10 Å². The van der Waals surface area contributed by atoms with Gasteiger partial charge in [-0.1, -0.05) is 11.6 Å². The Morgan fingerprint density at radius 3 is 2.83 bits per heavy atom. The number of H-pyrrole nitrogens is 1. The quantitative estimate of drug-likeness (QED) is 0.722. The van der Waals surface area contributed by atoms with Crippen LogP contribution >= 0.6 is 11.6 Å². The Balaban J connectivity index is 2.15. The van der Waals surface area contributed by atoms with Crippen LogP contribution in [0, 0.1) is 6.92 Å². The second kappa shape index (κ2) is 6.12. The third-order valence-corrected chi connectivity index (χ3v) is 3.99. The highest BCUT2D eigenvalue weighted by Gasteiger charge is 2.22. The number of imidazole rings is 1. The van der Waals surface area contributed by atoms with Gasteiger partial charge in [-0.15, -0.1) is 0 Å².